The molecule has 1 heterocycles. The predicted molar refractivity (Wildman–Crippen MR) is 66.8 cm³/mol. The van der Waals surface area contributed by atoms with Gasteiger partial charge < -0.3 is 14.8 Å². The van der Waals surface area contributed by atoms with Gasteiger partial charge in [-0.15, -0.1) is 5.10 Å². The molecule has 110 valence electrons. The van der Waals surface area contributed by atoms with E-state index in [1.54, 1.807) is 6.92 Å². The number of carboxylic acids is 1. The minimum atomic E-state index is -0.796. The van der Waals surface area contributed by atoms with Gasteiger partial charge in [-0.3, -0.25) is 9.59 Å². The van der Waals surface area contributed by atoms with Gasteiger partial charge in [0.05, 0.1) is 5.92 Å². The molecule has 0 spiro atoms. The van der Waals surface area contributed by atoms with E-state index in [1.807, 2.05) is 0 Å². The third-order valence-electron chi connectivity index (χ3n) is 3.63. The van der Waals surface area contributed by atoms with Crippen molar-refractivity contribution in [3.63, 3.8) is 0 Å². The van der Waals surface area contributed by atoms with Gasteiger partial charge in [0.2, 0.25) is 11.8 Å². The highest BCUT2D eigenvalue weighted by atomic mass is 16.4. The second-order valence-electron chi connectivity index (χ2n) is 5.07. The number of aliphatic carboxylic acids is 1. The number of hydrogen-bond donors (Lipinski definition) is 3. The summed E-state index contributed by atoms with van der Waals surface area (Å²) in [5, 5.41) is 17.4. The third kappa shape index (κ3) is 3.25. The average molecular weight is 283 g/mol. The Morgan fingerprint density at radius 1 is 1.35 bits per heavy atom. The monoisotopic (exact) mass is 283 g/mol. The Bertz CT molecular complexity index is 541. The van der Waals surface area contributed by atoms with Gasteiger partial charge in [0.15, 0.2) is 0 Å². The molecule has 0 aliphatic heterocycles. The van der Waals surface area contributed by atoms with E-state index in [1.165, 1.54) is 0 Å². The van der Waals surface area contributed by atoms with Crippen LogP contribution in [-0.2, 0) is 9.59 Å². The molecule has 1 aliphatic rings. The van der Waals surface area contributed by atoms with Crippen molar-refractivity contribution in [1.29, 1.82) is 0 Å². The molecule has 0 saturated heterocycles. The number of H-pyrrole nitrogens is 1. The number of carbonyl (C=O) groups is 2. The average Bonchev–Trinajstić information content (AvgIpc) is 2.85. The van der Waals surface area contributed by atoms with Gasteiger partial charge in [0.25, 0.3) is 0 Å². The Labute approximate surface area is 114 Å². The molecule has 8 nitrogen and oxygen atoms in total. The molecule has 2 rings (SSSR count). The van der Waals surface area contributed by atoms with Crippen molar-refractivity contribution >= 4 is 11.9 Å². The van der Waals surface area contributed by atoms with Crippen LogP contribution < -0.4 is 11.1 Å². The number of carboxylic acid groups (broad SMARTS) is 1. The lowest BCUT2D eigenvalue weighted by Crippen LogP contribution is -2.35. The minimum absolute atomic E-state index is 0.127. The van der Waals surface area contributed by atoms with Crippen molar-refractivity contribution in [3.8, 4) is 0 Å². The van der Waals surface area contributed by atoms with Crippen LogP contribution in [-0.4, -0.2) is 27.2 Å². The molecule has 1 fully saturated rings. The second kappa shape index (κ2) is 5.89. The zero-order valence-corrected chi connectivity index (χ0v) is 11.1. The van der Waals surface area contributed by atoms with E-state index in [0.717, 1.165) is 0 Å². The van der Waals surface area contributed by atoms with E-state index in [-0.39, 0.29) is 23.6 Å². The molecule has 8 heteroatoms. The molecule has 0 aromatic carbocycles. The van der Waals surface area contributed by atoms with Gasteiger partial charge in [-0.25, -0.2) is 9.89 Å². The Kier molecular flexibility index (Phi) is 4.21. The van der Waals surface area contributed by atoms with Gasteiger partial charge in [0.1, 0.15) is 6.04 Å². The molecule has 0 unspecified atom stereocenters. The van der Waals surface area contributed by atoms with Crippen LogP contribution in [0.3, 0.4) is 0 Å². The number of nitrogens with zero attached hydrogens (tertiary/aromatic N) is 1. The second-order valence-corrected chi connectivity index (χ2v) is 5.07. The lowest BCUT2D eigenvalue weighted by Gasteiger charge is -2.25. The fourth-order valence-electron chi connectivity index (χ4n) is 2.42. The van der Waals surface area contributed by atoms with Crippen molar-refractivity contribution < 1.29 is 19.1 Å². The molecule has 1 aromatic heterocycles. The number of aromatic nitrogens is 2. The lowest BCUT2D eigenvalue weighted by molar-refractivity contribution is -0.144. The van der Waals surface area contributed by atoms with E-state index in [4.69, 9.17) is 9.52 Å². The van der Waals surface area contributed by atoms with Crippen LogP contribution in [0, 0.1) is 11.8 Å². The lowest BCUT2D eigenvalue weighted by atomic mass is 9.81. The zero-order valence-electron chi connectivity index (χ0n) is 11.1. The molecule has 1 atom stereocenters. The first kappa shape index (κ1) is 14.3. The first-order valence-corrected chi connectivity index (χ1v) is 6.56. The maximum atomic E-state index is 12.0. The van der Waals surface area contributed by atoms with Gasteiger partial charge in [-0.2, -0.15) is 0 Å². The highest BCUT2D eigenvalue weighted by Gasteiger charge is 2.30. The van der Waals surface area contributed by atoms with Crippen LogP contribution in [0.4, 0.5) is 0 Å². The maximum absolute atomic E-state index is 12.0. The molecule has 1 saturated carbocycles. The van der Waals surface area contributed by atoms with Gasteiger partial charge in [-0.05, 0) is 32.6 Å². The quantitative estimate of drug-likeness (QED) is 0.735. The predicted octanol–water partition coefficient (Wildman–Crippen LogP) is 0.431. The van der Waals surface area contributed by atoms with Crippen LogP contribution >= 0.6 is 0 Å². The molecule has 1 amide bonds. The van der Waals surface area contributed by atoms with Crippen molar-refractivity contribution in [1.82, 2.24) is 15.5 Å². The molecule has 1 aliphatic carbocycles. The Balaban J connectivity index is 1.86. The summed E-state index contributed by atoms with van der Waals surface area (Å²) in [4.78, 5) is 33.7. The molecular formula is C12H17N3O5. The molecule has 0 radical (unpaired) electrons. The summed E-state index contributed by atoms with van der Waals surface area (Å²) in [5.41, 5.74) is 0. The number of carbonyl (C=O) groups excluding carboxylic acids is 1. The third-order valence-corrected chi connectivity index (χ3v) is 3.63. The summed E-state index contributed by atoms with van der Waals surface area (Å²) in [7, 11) is 0. The van der Waals surface area contributed by atoms with Crippen molar-refractivity contribution in [3.05, 3.63) is 16.4 Å². The van der Waals surface area contributed by atoms with Crippen LogP contribution in [0.15, 0.2) is 9.21 Å². The van der Waals surface area contributed by atoms with E-state index in [0.29, 0.717) is 25.7 Å². The van der Waals surface area contributed by atoms with Gasteiger partial charge >= 0.3 is 11.7 Å². The van der Waals surface area contributed by atoms with E-state index in [2.05, 4.69) is 15.5 Å². The Hall–Kier alpha value is -2.12. The normalized spacial score (nSPS) is 24.1. The van der Waals surface area contributed by atoms with Crippen LogP contribution in [0.2, 0.25) is 0 Å². The highest BCUT2D eigenvalue weighted by Crippen LogP contribution is 2.29. The Morgan fingerprint density at radius 3 is 2.45 bits per heavy atom. The number of rotatable bonds is 4. The van der Waals surface area contributed by atoms with Gasteiger partial charge in [0, 0.05) is 5.92 Å². The summed E-state index contributed by atoms with van der Waals surface area (Å²) in [6, 6.07) is -0.501. The first-order valence-electron chi connectivity index (χ1n) is 6.56. The van der Waals surface area contributed by atoms with Crippen LogP contribution in [0.1, 0.15) is 44.5 Å². The minimum Gasteiger partial charge on any atom is -0.481 e. The van der Waals surface area contributed by atoms with E-state index in [9.17, 15) is 14.4 Å². The Morgan fingerprint density at radius 2 is 1.95 bits per heavy atom. The number of amides is 1. The fourth-order valence-corrected chi connectivity index (χ4v) is 2.42. The largest absolute Gasteiger partial charge is 0.481 e. The van der Waals surface area contributed by atoms with Crippen molar-refractivity contribution in [2.24, 2.45) is 11.8 Å². The van der Waals surface area contributed by atoms with Gasteiger partial charge in [-0.1, -0.05) is 0 Å². The standard InChI is InChI=1S/C12H17N3O5/c1-6(10-14-15-12(19)20-10)13-9(16)7-2-4-8(5-3-7)11(17)18/h6-8H,2-5H2,1H3,(H,13,16)(H,15,19)(H,17,18)/t6-,7?,8?/m0/s1. The topological polar surface area (TPSA) is 125 Å². The number of hydrogen-bond acceptors (Lipinski definition) is 5. The summed E-state index contributed by atoms with van der Waals surface area (Å²) >= 11 is 0. The SMILES string of the molecule is C[C@H](NC(=O)C1CCC(C(=O)O)CC1)c1n[nH]c(=O)o1. The zero-order chi connectivity index (χ0) is 14.7. The summed E-state index contributed by atoms with van der Waals surface area (Å²) < 4.78 is 4.77. The van der Waals surface area contributed by atoms with Crippen molar-refractivity contribution in [2.45, 2.75) is 38.6 Å². The molecule has 3 N–H and O–H groups in total. The number of nitrogens with one attached hydrogen (secondary N) is 2. The molecular weight excluding hydrogens is 266 g/mol. The van der Waals surface area contributed by atoms with E-state index < -0.39 is 17.8 Å². The summed E-state index contributed by atoms with van der Waals surface area (Å²) in [6.45, 7) is 1.67. The fraction of sp³-hybridized carbons (Fsp3) is 0.667. The molecule has 20 heavy (non-hydrogen) atoms. The smallest absolute Gasteiger partial charge is 0.434 e. The van der Waals surface area contributed by atoms with Crippen LogP contribution in [0.25, 0.3) is 0 Å². The summed E-state index contributed by atoms with van der Waals surface area (Å²) in [5.74, 6) is -2.03. The van der Waals surface area contributed by atoms with Crippen LogP contribution in [0.5, 0.6) is 0 Å². The van der Waals surface area contributed by atoms with E-state index >= 15 is 0 Å². The highest BCUT2D eigenvalue weighted by molar-refractivity contribution is 5.79. The number of aromatic amines is 1. The summed E-state index contributed by atoms with van der Waals surface area (Å²) in [6.07, 6.45) is 2.14. The molecule has 1 aromatic rings. The maximum Gasteiger partial charge on any atom is 0.434 e. The van der Waals surface area contributed by atoms with Crippen molar-refractivity contribution in [2.75, 3.05) is 0 Å². The molecule has 0 bridgehead atoms. The first-order chi connectivity index (χ1) is 9.47.